The summed E-state index contributed by atoms with van der Waals surface area (Å²) in [5.41, 5.74) is 1.24. The van der Waals surface area contributed by atoms with Crippen molar-refractivity contribution in [2.45, 2.75) is 38.8 Å². The summed E-state index contributed by atoms with van der Waals surface area (Å²) in [7, 11) is 3.32. The van der Waals surface area contributed by atoms with Crippen molar-refractivity contribution in [3.63, 3.8) is 0 Å². The van der Waals surface area contributed by atoms with Gasteiger partial charge in [0.25, 0.3) is 0 Å². The van der Waals surface area contributed by atoms with Crippen molar-refractivity contribution in [3.05, 3.63) is 18.2 Å². The topological polar surface area (TPSA) is 39.7 Å². The van der Waals surface area contributed by atoms with E-state index in [9.17, 15) is 0 Å². The molecule has 1 heterocycles. The van der Waals surface area contributed by atoms with Crippen LogP contribution >= 0.6 is 0 Å². The normalized spacial score (nSPS) is 30.0. The van der Waals surface area contributed by atoms with E-state index in [1.165, 1.54) is 12.8 Å². The summed E-state index contributed by atoms with van der Waals surface area (Å²) in [6, 6.07) is 6.45. The third-order valence-electron chi connectivity index (χ3n) is 5.04. The van der Waals surface area contributed by atoms with E-state index in [4.69, 9.17) is 14.2 Å². The van der Waals surface area contributed by atoms with Gasteiger partial charge in [-0.1, -0.05) is 13.8 Å². The number of fused-ring (bicyclic) bond motifs is 1. The lowest BCUT2D eigenvalue weighted by Crippen LogP contribution is -2.67. The Kier molecular flexibility index (Phi) is 3.74. The van der Waals surface area contributed by atoms with Gasteiger partial charge in [0, 0.05) is 35.7 Å². The first-order valence-electron chi connectivity index (χ1n) is 7.68. The zero-order valence-electron chi connectivity index (χ0n) is 13.3. The average Bonchev–Trinajstić information content (AvgIpc) is 2.52. The molecule has 1 aliphatic heterocycles. The highest BCUT2D eigenvalue weighted by molar-refractivity contribution is 5.56. The van der Waals surface area contributed by atoms with E-state index in [-0.39, 0.29) is 5.41 Å². The Morgan fingerprint density at radius 2 is 1.95 bits per heavy atom. The minimum Gasteiger partial charge on any atom is -0.493 e. The van der Waals surface area contributed by atoms with Gasteiger partial charge in [0.2, 0.25) is 0 Å². The molecular weight excluding hydrogens is 266 g/mol. The van der Waals surface area contributed by atoms with Crippen molar-refractivity contribution < 1.29 is 14.2 Å². The fourth-order valence-corrected chi connectivity index (χ4v) is 3.92. The maximum atomic E-state index is 5.96. The van der Waals surface area contributed by atoms with Crippen LogP contribution in [0.4, 0.5) is 5.69 Å². The van der Waals surface area contributed by atoms with Gasteiger partial charge in [-0.3, -0.25) is 0 Å². The second-order valence-corrected chi connectivity index (χ2v) is 6.61. The Bertz CT molecular complexity index is 515. The van der Waals surface area contributed by atoms with Gasteiger partial charge >= 0.3 is 0 Å². The van der Waals surface area contributed by atoms with Crippen LogP contribution in [0.2, 0.25) is 0 Å². The highest BCUT2D eigenvalue weighted by Crippen LogP contribution is 2.52. The summed E-state index contributed by atoms with van der Waals surface area (Å²) in [4.78, 5) is 0. The van der Waals surface area contributed by atoms with Crippen molar-refractivity contribution in [1.29, 1.82) is 0 Å². The predicted octanol–water partition coefficient (Wildman–Crippen LogP) is 3.32. The lowest BCUT2D eigenvalue weighted by Gasteiger charge is -2.60. The molecule has 1 aromatic carbocycles. The fourth-order valence-electron chi connectivity index (χ4n) is 3.92. The monoisotopic (exact) mass is 291 g/mol. The first kappa shape index (κ1) is 14.5. The number of nitrogens with one attached hydrogen (secondary N) is 1. The quantitative estimate of drug-likeness (QED) is 0.924. The maximum absolute atomic E-state index is 5.96. The van der Waals surface area contributed by atoms with Gasteiger partial charge in [-0.05, 0) is 25.0 Å². The summed E-state index contributed by atoms with van der Waals surface area (Å²) in [6.07, 6.45) is 2.81. The van der Waals surface area contributed by atoms with E-state index in [1.54, 1.807) is 14.2 Å². The van der Waals surface area contributed by atoms with Crippen LogP contribution in [-0.2, 0) is 4.74 Å². The van der Waals surface area contributed by atoms with Gasteiger partial charge in [-0.25, -0.2) is 0 Å². The van der Waals surface area contributed by atoms with E-state index in [0.717, 1.165) is 23.8 Å². The average molecular weight is 291 g/mol. The molecule has 0 aromatic heterocycles. The zero-order valence-corrected chi connectivity index (χ0v) is 13.3. The predicted molar refractivity (Wildman–Crippen MR) is 83.2 cm³/mol. The SMILES string of the molecule is COc1ccc(NC2C3CCCOC3C2(C)C)cc1OC. The molecular formula is C17H25NO3. The van der Waals surface area contributed by atoms with Gasteiger partial charge in [0.1, 0.15) is 0 Å². The maximum Gasteiger partial charge on any atom is 0.162 e. The summed E-state index contributed by atoms with van der Waals surface area (Å²) < 4.78 is 16.6. The largest absolute Gasteiger partial charge is 0.493 e. The van der Waals surface area contributed by atoms with E-state index < -0.39 is 0 Å². The summed E-state index contributed by atoms with van der Waals surface area (Å²) in [5.74, 6) is 2.13. The summed E-state index contributed by atoms with van der Waals surface area (Å²) >= 11 is 0. The standard InChI is InChI=1S/C17H25NO3/c1-17(2)15(12-6-5-9-21-16(12)17)18-11-7-8-13(19-3)14(10-11)20-4/h7-8,10,12,15-16,18H,5-6,9H2,1-4H3. The fraction of sp³-hybridized carbons (Fsp3) is 0.647. The van der Waals surface area contributed by atoms with Crippen LogP contribution in [0.15, 0.2) is 18.2 Å². The molecule has 3 unspecified atom stereocenters. The van der Waals surface area contributed by atoms with E-state index in [2.05, 4.69) is 25.2 Å². The van der Waals surface area contributed by atoms with Crippen LogP contribution in [0.5, 0.6) is 11.5 Å². The molecule has 3 rings (SSSR count). The molecule has 1 saturated heterocycles. The number of anilines is 1. The van der Waals surface area contributed by atoms with Crippen LogP contribution in [0.1, 0.15) is 26.7 Å². The van der Waals surface area contributed by atoms with Crippen molar-refractivity contribution in [1.82, 2.24) is 0 Å². The molecule has 0 spiro atoms. The van der Waals surface area contributed by atoms with Crippen LogP contribution in [0, 0.1) is 11.3 Å². The van der Waals surface area contributed by atoms with Crippen molar-refractivity contribution in [3.8, 4) is 11.5 Å². The number of methoxy groups -OCH3 is 2. The molecule has 1 saturated carbocycles. The van der Waals surface area contributed by atoms with E-state index >= 15 is 0 Å². The van der Waals surface area contributed by atoms with Crippen LogP contribution in [0.25, 0.3) is 0 Å². The second kappa shape index (κ2) is 5.41. The Labute approximate surface area is 126 Å². The van der Waals surface area contributed by atoms with Gasteiger partial charge in [0.05, 0.1) is 20.3 Å². The van der Waals surface area contributed by atoms with Gasteiger partial charge < -0.3 is 19.5 Å². The Balaban J connectivity index is 1.77. The number of hydrogen-bond donors (Lipinski definition) is 1. The highest BCUT2D eigenvalue weighted by Gasteiger charge is 2.57. The van der Waals surface area contributed by atoms with Crippen LogP contribution in [-0.4, -0.2) is 33.0 Å². The second-order valence-electron chi connectivity index (χ2n) is 6.61. The summed E-state index contributed by atoms with van der Waals surface area (Å²) in [5, 5.41) is 3.68. The van der Waals surface area contributed by atoms with Crippen LogP contribution in [0.3, 0.4) is 0 Å². The molecule has 0 amide bonds. The number of benzene rings is 1. The first-order chi connectivity index (χ1) is 10.1. The molecule has 0 radical (unpaired) electrons. The molecule has 3 atom stereocenters. The lowest BCUT2D eigenvalue weighted by atomic mass is 9.55. The van der Waals surface area contributed by atoms with Gasteiger partial charge in [0.15, 0.2) is 11.5 Å². The van der Waals surface area contributed by atoms with Gasteiger partial charge in [-0.15, -0.1) is 0 Å². The molecule has 1 aliphatic carbocycles. The van der Waals surface area contributed by atoms with Crippen molar-refractivity contribution >= 4 is 5.69 Å². The highest BCUT2D eigenvalue weighted by atomic mass is 16.5. The minimum atomic E-state index is 0.165. The number of hydrogen-bond acceptors (Lipinski definition) is 4. The van der Waals surface area contributed by atoms with Gasteiger partial charge in [-0.2, -0.15) is 0 Å². The Hall–Kier alpha value is -1.42. The third kappa shape index (κ3) is 2.35. The molecule has 116 valence electrons. The number of ether oxygens (including phenoxy) is 3. The van der Waals surface area contributed by atoms with Crippen LogP contribution < -0.4 is 14.8 Å². The molecule has 2 fully saturated rings. The molecule has 1 N–H and O–H groups in total. The number of rotatable bonds is 4. The van der Waals surface area contributed by atoms with E-state index in [0.29, 0.717) is 18.1 Å². The smallest absolute Gasteiger partial charge is 0.162 e. The van der Waals surface area contributed by atoms with Crippen molar-refractivity contribution in [2.24, 2.45) is 11.3 Å². The third-order valence-corrected chi connectivity index (χ3v) is 5.04. The molecule has 4 heteroatoms. The zero-order chi connectivity index (χ0) is 15.0. The van der Waals surface area contributed by atoms with Crippen molar-refractivity contribution in [2.75, 3.05) is 26.1 Å². The molecule has 21 heavy (non-hydrogen) atoms. The molecule has 0 bridgehead atoms. The Morgan fingerprint density at radius 3 is 2.67 bits per heavy atom. The summed E-state index contributed by atoms with van der Waals surface area (Å²) in [6.45, 7) is 5.49. The minimum absolute atomic E-state index is 0.165. The molecule has 2 aliphatic rings. The molecule has 1 aromatic rings. The Morgan fingerprint density at radius 1 is 1.19 bits per heavy atom. The lowest BCUT2D eigenvalue weighted by molar-refractivity contribution is -0.177. The first-order valence-corrected chi connectivity index (χ1v) is 7.68. The van der Waals surface area contributed by atoms with E-state index in [1.807, 2.05) is 12.1 Å². The molecule has 4 nitrogen and oxygen atoms in total.